The van der Waals surface area contributed by atoms with Crippen LogP contribution >= 0.6 is 45.8 Å². The molecule has 112 valence electrons. The molecule has 2 aromatic carbocycles. The first-order valence-corrected chi connectivity index (χ1v) is 8.79. The number of aryl methyl sites for hydroxylation is 1. The Kier molecular flexibility index (Phi) is 6.35. The van der Waals surface area contributed by atoms with E-state index in [1.807, 2.05) is 18.2 Å². The van der Waals surface area contributed by atoms with Crippen LogP contribution in [0.1, 0.15) is 29.7 Å². The number of likely N-dealkylation sites (N-methyl/N-ethyl adjacent to an activating group) is 1. The molecule has 0 spiro atoms. The van der Waals surface area contributed by atoms with Crippen LogP contribution in [-0.2, 0) is 6.42 Å². The number of halogens is 3. The summed E-state index contributed by atoms with van der Waals surface area (Å²) in [4.78, 5) is 0. The van der Waals surface area contributed by atoms with Gasteiger partial charge in [-0.25, -0.2) is 0 Å². The lowest BCUT2D eigenvalue weighted by molar-refractivity contribution is 0.547. The predicted molar refractivity (Wildman–Crippen MR) is 100 cm³/mol. The van der Waals surface area contributed by atoms with Crippen molar-refractivity contribution in [2.45, 2.75) is 26.3 Å². The molecule has 1 N–H and O–H groups in total. The minimum absolute atomic E-state index is 0.234. The summed E-state index contributed by atoms with van der Waals surface area (Å²) in [5.41, 5.74) is 3.69. The minimum Gasteiger partial charge on any atom is -0.310 e. The number of hydrogen-bond donors (Lipinski definition) is 1. The number of rotatable bonds is 5. The Labute approximate surface area is 150 Å². The van der Waals surface area contributed by atoms with Crippen molar-refractivity contribution >= 4 is 45.8 Å². The van der Waals surface area contributed by atoms with Crippen molar-refractivity contribution in [2.75, 3.05) is 6.54 Å². The molecule has 2 aromatic rings. The van der Waals surface area contributed by atoms with Gasteiger partial charge in [-0.15, -0.1) is 0 Å². The molecular weight excluding hydrogens is 416 g/mol. The predicted octanol–water partition coefficient (Wildman–Crippen LogP) is 5.80. The molecule has 21 heavy (non-hydrogen) atoms. The highest BCUT2D eigenvalue weighted by molar-refractivity contribution is 14.1. The highest BCUT2D eigenvalue weighted by Crippen LogP contribution is 2.31. The van der Waals surface area contributed by atoms with E-state index in [2.05, 4.69) is 60.0 Å². The number of hydrogen-bond acceptors (Lipinski definition) is 1. The Morgan fingerprint density at radius 2 is 1.86 bits per heavy atom. The lowest BCUT2D eigenvalue weighted by Crippen LogP contribution is -2.24. The summed E-state index contributed by atoms with van der Waals surface area (Å²) in [6.07, 6.45) is 0.826. The molecule has 0 amide bonds. The zero-order valence-corrected chi connectivity index (χ0v) is 15.8. The zero-order chi connectivity index (χ0) is 15.4. The molecule has 0 radical (unpaired) electrons. The summed E-state index contributed by atoms with van der Waals surface area (Å²) < 4.78 is 1.30. The van der Waals surface area contributed by atoms with Crippen LogP contribution in [0, 0.1) is 10.5 Å². The van der Waals surface area contributed by atoms with E-state index < -0.39 is 0 Å². The lowest BCUT2D eigenvalue weighted by atomic mass is 9.97. The lowest BCUT2D eigenvalue weighted by Gasteiger charge is -2.21. The molecule has 0 saturated heterocycles. The van der Waals surface area contributed by atoms with Crippen LogP contribution in [-0.4, -0.2) is 6.54 Å². The third-order valence-electron chi connectivity index (χ3n) is 3.50. The van der Waals surface area contributed by atoms with Gasteiger partial charge in [0.15, 0.2) is 0 Å². The van der Waals surface area contributed by atoms with Gasteiger partial charge in [0.1, 0.15) is 0 Å². The topological polar surface area (TPSA) is 12.0 Å². The van der Waals surface area contributed by atoms with Gasteiger partial charge in [-0.1, -0.05) is 60.5 Å². The number of nitrogens with one attached hydrogen (secondary N) is 1. The smallest absolute Gasteiger partial charge is 0.0624 e. The van der Waals surface area contributed by atoms with Crippen LogP contribution in [0.25, 0.3) is 0 Å². The molecule has 0 aromatic heterocycles. The molecule has 4 heteroatoms. The van der Waals surface area contributed by atoms with Crippen molar-refractivity contribution in [1.29, 1.82) is 0 Å². The van der Waals surface area contributed by atoms with Crippen LogP contribution in [0.15, 0.2) is 36.4 Å². The Bertz CT molecular complexity index is 628. The Balaban J connectivity index is 2.35. The molecule has 2 rings (SSSR count). The maximum absolute atomic E-state index is 6.33. The Morgan fingerprint density at radius 3 is 2.57 bits per heavy atom. The second-order valence-corrected chi connectivity index (χ2v) is 6.87. The number of benzene rings is 2. The van der Waals surface area contributed by atoms with Crippen LogP contribution in [0.4, 0.5) is 0 Å². The maximum atomic E-state index is 6.33. The summed E-state index contributed by atoms with van der Waals surface area (Å²) in [6, 6.07) is 12.5. The maximum Gasteiger partial charge on any atom is 0.0624 e. The van der Waals surface area contributed by atoms with Crippen LogP contribution in [0.5, 0.6) is 0 Å². The Morgan fingerprint density at radius 1 is 1.14 bits per heavy atom. The summed E-state index contributed by atoms with van der Waals surface area (Å²) in [5.74, 6) is 0. The van der Waals surface area contributed by atoms with E-state index in [9.17, 15) is 0 Å². The highest BCUT2D eigenvalue weighted by Gasteiger charge is 2.17. The van der Waals surface area contributed by atoms with Gasteiger partial charge in [0.2, 0.25) is 0 Å². The van der Waals surface area contributed by atoms with Gasteiger partial charge in [0.05, 0.1) is 10.0 Å². The summed E-state index contributed by atoms with van der Waals surface area (Å²) in [5, 5.41) is 4.83. The largest absolute Gasteiger partial charge is 0.310 e. The molecule has 0 aliphatic heterocycles. The van der Waals surface area contributed by atoms with Gasteiger partial charge in [-0.05, 0) is 65.2 Å². The van der Waals surface area contributed by atoms with E-state index in [0.717, 1.165) is 18.5 Å². The van der Waals surface area contributed by atoms with Crippen LogP contribution in [0.2, 0.25) is 10.0 Å². The van der Waals surface area contributed by atoms with E-state index in [4.69, 9.17) is 23.2 Å². The van der Waals surface area contributed by atoms with Crippen molar-refractivity contribution in [3.63, 3.8) is 0 Å². The van der Waals surface area contributed by atoms with Gasteiger partial charge in [0.25, 0.3) is 0 Å². The van der Waals surface area contributed by atoms with E-state index in [1.54, 1.807) is 0 Å². The zero-order valence-electron chi connectivity index (χ0n) is 12.1. The molecule has 0 bridgehead atoms. The monoisotopic (exact) mass is 433 g/mol. The van der Waals surface area contributed by atoms with Crippen LogP contribution < -0.4 is 5.32 Å². The van der Waals surface area contributed by atoms with Gasteiger partial charge in [-0.3, -0.25) is 0 Å². The van der Waals surface area contributed by atoms with Crippen molar-refractivity contribution in [3.05, 3.63) is 66.7 Å². The average Bonchev–Trinajstić information content (AvgIpc) is 2.46. The first-order chi connectivity index (χ1) is 10.0. The summed E-state index contributed by atoms with van der Waals surface area (Å²) in [6.45, 7) is 5.17. The molecule has 1 unspecified atom stereocenters. The van der Waals surface area contributed by atoms with E-state index in [-0.39, 0.29) is 6.04 Å². The van der Waals surface area contributed by atoms with Crippen molar-refractivity contribution in [1.82, 2.24) is 5.32 Å². The average molecular weight is 434 g/mol. The standard InChI is InChI=1S/C17H18Cl2IN/c1-3-21-15(13-8-4-6-11(2)17(13)20)10-12-7-5-9-14(18)16(12)19/h4-9,15,21H,3,10H2,1-2H3. The summed E-state index contributed by atoms with van der Waals surface area (Å²) >= 11 is 14.9. The highest BCUT2D eigenvalue weighted by atomic mass is 127. The first-order valence-electron chi connectivity index (χ1n) is 6.95. The van der Waals surface area contributed by atoms with Gasteiger partial charge < -0.3 is 5.32 Å². The van der Waals surface area contributed by atoms with Crippen molar-refractivity contribution in [2.24, 2.45) is 0 Å². The van der Waals surface area contributed by atoms with Crippen LogP contribution in [0.3, 0.4) is 0 Å². The van der Waals surface area contributed by atoms with E-state index >= 15 is 0 Å². The third-order valence-corrected chi connectivity index (χ3v) is 5.83. The second-order valence-electron chi connectivity index (χ2n) is 5.01. The fourth-order valence-electron chi connectivity index (χ4n) is 2.40. The molecule has 0 heterocycles. The first kappa shape index (κ1) is 17.1. The Hall–Kier alpha value is -0.290. The molecule has 0 aliphatic rings. The van der Waals surface area contributed by atoms with E-state index in [0.29, 0.717) is 10.0 Å². The molecule has 0 aliphatic carbocycles. The SMILES string of the molecule is CCNC(Cc1cccc(Cl)c1Cl)c1cccc(C)c1I. The third kappa shape index (κ3) is 4.13. The molecule has 1 atom stereocenters. The molecule has 0 saturated carbocycles. The van der Waals surface area contributed by atoms with Gasteiger partial charge >= 0.3 is 0 Å². The van der Waals surface area contributed by atoms with Gasteiger partial charge in [-0.2, -0.15) is 0 Å². The van der Waals surface area contributed by atoms with E-state index in [1.165, 1.54) is 14.7 Å². The molecular formula is C17H18Cl2IN. The fourth-order valence-corrected chi connectivity index (χ4v) is 3.54. The minimum atomic E-state index is 0.234. The quantitative estimate of drug-likeness (QED) is 0.587. The summed E-state index contributed by atoms with van der Waals surface area (Å²) in [7, 11) is 0. The molecule has 1 nitrogen and oxygen atoms in total. The van der Waals surface area contributed by atoms with Crippen molar-refractivity contribution < 1.29 is 0 Å². The van der Waals surface area contributed by atoms with Crippen molar-refractivity contribution in [3.8, 4) is 0 Å². The van der Waals surface area contributed by atoms with Gasteiger partial charge in [0, 0.05) is 9.61 Å². The normalized spacial score (nSPS) is 12.4. The fraction of sp³-hybridized carbons (Fsp3) is 0.294. The molecule has 0 fully saturated rings. The second kappa shape index (κ2) is 7.82.